The molecule has 0 saturated carbocycles. The number of halogens is 2. The average molecular weight is 215 g/mol. The monoisotopic (exact) mass is 214 g/mol. The predicted octanol–water partition coefficient (Wildman–Crippen LogP) is 3.59. The van der Waals surface area contributed by atoms with Crippen molar-refractivity contribution < 1.29 is 9.18 Å². The second-order valence-corrected chi connectivity index (χ2v) is 4.60. The van der Waals surface area contributed by atoms with Crippen LogP contribution in [-0.2, 0) is 5.41 Å². The molecule has 0 N–H and O–H groups in total. The number of carbonyl (C=O) groups excluding carboxylic acids is 1. The van der Waals surface area contributed by atoms with Crippen LogP contribution in [0, 0.1) is 5.82 Å². The molecule has 0 aliphatic heterocycles. The van der Waals surface area contributed by atoms with Gasteiger partial charge in [0.05, 0.1) is 10.6 Å². The van der Waals surface area contributed by atoms with Crippen molar-refractivity contribution in [3.63, 3.8) is 0 Å². The summed E-state index contributed by atoms with van der Waals surface area (Å²) in [5.74, 6) is -0.630. The van der Waals surface area contributed by atoms with Crippen molar-refractivity contribution in [1.82, 2.24) is 0 Å². The predicted molar refractivity (Wildman–Crippen MR) is 55.5 cm³/mol. The van der Waals surface area contributed by atoms with Gasteiger partial charge < -0.3 is 0 Å². The summed E-state index contributed by atoms with van der Waals surface area (Å²) in [6.45, 7) is 5.76. The van der Waals surface area contributed by atoms with Gasteiger partial charge in [-0.05, 0) is 17.0 Å². The van der Waals surface area contributed by atoms with Crippen LogP contribution in [0.5, 0.6) is 0 Å². The van der Waals surface area contributed by atoms with Crippen molar-refractivity contribution in [2.24, 2.45) is 0 Å². The van der Waals surface area contributed by atoms with Crippen LogP contribution in [-0.4, -0.2) is 6.29 Å². The van der Waals surface area contributed by atoms with E-state index in [1.807, 2.05) is 20.8 Å². The maximum Gasteiger partial charge on any atom is 0.153 e. The van der Waals surface area contributed by atoms with E-state index in [0.717, 1.165) is 0 Å². The number of hydrogen-bond acceptors (Lipinski definition) is 1. The molecule has 3 heteroatoms. The fraction of sp³-hybridized carbons (Fsp3) is 0.364. The lowest BCUT2D eigenvalue weighted by Crippen LogP contribution is -2.15. The van der Waals surface area contributed by atoms with Gasteiger partial charge in [-0.25, -0.2) is 4.39 Å². The molecule has 0 fully saturated rings. The van der Waals surface area contributed by atoms with E-state index >= 15 is 0 Å². The maximum atomic E-state index is 13.4. The van der Waals surface area contributed by atoms with Gasteiger partial charge in [-0.3, -0.25) is 4.79 Å². The molecular weight excluding hydrogens is 203 g/mol. The van der Waals surface area contributed by atoms with Gasteiger partial charge in [-0.1, -0.05) is 38.4 Å². The standard InChI is InChI=1S/C11H12ClFO/c1-11(2,3)8-4-5-9(12)10(13)7(8)6-14/h4-6H,1-3H3. The minimum absolute atomic E-state index is 0.0138. The summed E-state index contributed by atoms with van der Waals surface area (Å²) in [6, 6.07) is 3.17. The highest BCUT2D eigenvalue weighted by Crippen LogP contribution is 2.29. The first kappa shape index (κ1) is 11.2. The molecule has 1 aromatic rings. The zero-order valence-electron chi connectivity index (χ0n) is 8.40. The Labute approximate surface area is 87.9 Å². The molecule has 0 unspecified atom stereocenters. The van der Waals surface area contributed by atoms with E-state index in [9.17, 15) is 9.18 Å². The average Bonchev–Trinajstić information content (AvgIpc) is 2.07. The highest BCUT2D eigenvalue weighted by molar-refractivity contribution is 6.31. The van der Waals surface area contributed by atoms with Crippen LogP contribution in [0.2, 0.25) is 5.02 Å². The molecule has 0 heterocycles. The number of hydrogen-bond donors (Lipinski definition) is 0. The van der Waals surface area contributed by atoms with Crippen molar-refractivity contribution in [1.29, 1.82) is 0 Å². The first-order valence-electron chi connectivity index (χ1n) is 4.31. The quantitative estimate of drug-likeness (QED) is 0.653. The van der Waals surface area contributed by atoms with Gasteiger partial charge in [0.15, 0.2) is 12.1 Å². The van der Waals surface area contributed by atoms with Crippen molar-refractivity contribution in [3.8, 4) is 0 Å². The number of rotatable bonds is 1. The normalized spacial score (nSPS) is 11.5. The second-order valence-electron chi connectivity index (χ2n) is 4.19. The van der Waals surface area contributed by atoms with Crippen molar-refractivity contribution in [2.45, 2.75) is 26.2 Å². The van der Waals surface area contributed by atoms with Crippen LogP contribution in [0.4, 0.5) is 4.39 Å². The Morgan fingerprint density at radius 1 is 1.36 bits per heavy atom. The Kier molecular flexibility index (Phi) is 2.95. The molecule has 1 nitrogen and oxygen atoms in total. The lowest BCUT2D eigenvalue weighted by atomic mass is 9.84. The molecule has 1 rings (SSSR count). The minimum Gasteiger partial charge on any atom is -0.298 e. The van der Waals surface area contributed by atoms with Gasteiger partial charge in [0, 0.05) is 0 Å². The van der Waals surface area contributed by atoms with Crippen LogP contribution in [0.1, 0.15) is 36.7 Å². The zero-order valence-corrected chi connectivity index (χ0v) is 9.15. The SMILES string of the molecule is CC(C)(C)c1ccc(Cl)c(F)c1C=O. The Bertz CT molecular complexity index is 366. The van der Waals surface area contributed by atoms with Crippen LogP contribution in [0.3, 0.4) is 0 Å². The zero-order chi connectivity index (χ0) is 10.9. The molecule has 76 valence electrons. The van der Waals surface area contributed by atoms with Gasteiger partial charge in [-0.15, -0.1) is 0 Å². The molecule has 0 saturated heterocycles. The Morgan fingerprint density at radius 2 is 1.93 bits per heavy atom. The maximum absolute atomic E-state index is 13.4. The van der Waals surface area contributed by atoms with E-state index < -0.39 is 5.82 Å². The fourth-order valence-corrected chi connectivity index (χ4v) is 1.50. The Balaban J connectivity index is 3.47. The number of benzene rings is 1. The molecule has 0 atom stereocenters. The molecular formula is C11H12ClFO. The first-order chi connectivity index (χ1) is 6.38. The van der Waals surface area contributed by atoms with Crippen LogP contribution < -0.4 is 0 Å². The molecule has 1 aromatic carbocycles. The molecule has 0 radical (unpaired) electrons. The third-order valence-corrected chi connectivity index (χ3v) is 2.35. The molecule has 0 bridgehead atoms. The third kappa shape index (κ3) is 1.95. The summed E-state index contributed by atoms with van der Waals surface area (Å²) in [6.07, 6.45) is 0.516. The highest BCUT2D eigenvalue weighted by Gasteiger charge is 2.21. The van der Waals surface area contributed by atoms with E-state index in [0.29, 0.717) is 11.8 Å². The molecule has 14 heavy (non-hydrogen) atoms. The van der Waals surface area contributed by atoms with Crippen molar-refractivity contribution >= 4 is 17.9 Å². The minimum atomic E-state index is -0.630. The Hall–Kier alpha value is -0.890. The molecule has 0 spiro atoms. The smallest absolute Gasteiger partial charge is 0.153 e. The van der Waals surface area contributed by atoms with Gasteiger partial charge in [0.2, 0.25) is 0 Å². The van der Waals surface area contributed by atoms with Crippen LogP contribution in [0.25, 0.3) is 0 Å². The van der Waals surface area contributed by atoms with Gasteiger partial charge in [0.25, 0.3) is 0 Å². The van der Waals surface area contributed by atoms with E-state index in [1.165, 1.54) is 6.07 Å². The summed E-state index contributed by atoms with van der Waals surface area (Å²) in [5.41, 5.74) is 0.473. The second kappa shape index (κ2) is 3.70. The lowest BCUT2D eigenvalue weighted by Gasteiger charge is -2.21. The molecule has 0 aliphatic rings. The summed E-state index contributed by atoms with van der Waals surface area (Å²) in [5, 5.41) is -0.0138. The van der Waals surface area contributed by atoms with E-state index in [4.69, 9.17) is 11.6 Å². The van der Waals surface area contributed by atoms with Crippen LogP contribution >= 0.6 is 11.6 Å². The number of carbonyl (C=O) groups is 1. The first-order valence-corrected chi connectivity index (χ1v) is 4.69. The highest BCUT2D eigenvalue weighted by atomic mass is 35.5. The van der Waals surface area contributed by atoms with E-state index in [-0.39, 0.29) is 16.0 Å². The van der Waals surface area contributed by atoms with E-state index in [2.05, 4.69) is 0 Å². The Morgan fingerprint density at radius 3 is 2.36 bits per heavy atom. The summed E-state index contributed by atoms with van der Waals surface area (Å²) >= 11 is 5.58. The van der Waals surface area contributed by atoms with Gasteiger partial charge in [0.1, 0.15) is 0 Å². The van der Waals surface area contributed by atoms with Crippen molar-refractivity contribution in [3.05, 3.63) is 34.1 Å². The topological polar surface area (TPSA) is 17.1 Å². The van der Waals surface area contributed by atoms with Gasteiger partial charge in [-0.2, -0.15) is 0 Å². The molecule has 0 aliphatic carbocycles. The summed E-state index contributed by atoms with van der Waals surface area (Å²) in [4.78, 5) is 10.7. The molecule has 0 aromatic heterocycles. The van der Waals surface area contributed by atoms with Gasteiger partial charge >= 0.3 is 0 Å². The number of aldehydes is 1. The lowest BCUT2D eigenvalue weighted by molar-refractivity contribution is 0.111. The van der Waals surface area contributed by atoms with E-state index in [1.54, 1.807) is 6.07 Å². The van der Waals surface area contributed by atoms with Crippen molar-refractivity contribution in [2.75, 3.05) is 0 Å². The van der Waals surface area contributed by atoms with Crippen LogP contribution in [0.15, 0.2) is 12.1 Å². The summed E-state index contributed by atoms with van der Waals surface area (Å²) < 4.78 is 13.4. The summed E-state index contributed by atoms with van der Waals surface area (Å²) in [7, 11) is 0. The largest absolute Gasteiger partial charge is 0.298 e. The fourth-order valence-electron chi connectivity index (χ4n) is 1.34. The third-order valence-electron chi connectivity index (χ3n) is 2.06. The molecule has 0 amide bonds.